The van der Waals surface area contributed by atoms with Gasteiger partial charge in [-0.25, -0.2) is 10.1 Å². The Morgan fingerprint density at radius 2 is 1.73 bits per heavy atom. The van der Waals surface area contributed by atoms with Gasteiger partial charge in [-0.3, -0.25) is 0 Å². The largest absolute Gasteiger partial charge is 0.235 e. The van der Waals surface area contributed by atoms with Crippen molar-refractivity contribution in [1.82, 2.24) is 4.67 Å². The van der Waals surface area contributed by atoms with Crippen LogP contribution < -0.4 is 0 Å². The van der Waals surface area contributed by atoms with E-state index in [0.717, 1.165) is 0 Å². The Kier molecular flexibility index (Phi) is 3.04. The topological polar surface area (TPSA) is 46.4 Å². The molecule has 0 radical (unpaired) electrons. The molecule has 0 aliphatic heterocycles. The first-order chi connectivity index (χ1) is 4.76. The van der Waals surface area contributed by atoms with E-state index in [4.69, 9.17) is 0 Å². The van der Waals surface area contributed by atoms with Gasteiger partial charge in [0, 0.05) is 0 Å². The predicted octanol–water partition coefficient (Wildman–Crippen LogP) is 1.72. The Morgan fingerprint density at radius 3 is 1.73 bits per heavy atom. The smallest absolute Gasteiger partial charge is 0.227 e. The van der Waals surface area contributed by atoms with E-state index >= 15 is 0 Å². The molecule has 0 N–H and O–H groups in total. The first-order valence-corrected chi connectivity index (χ1v) is 7.15. The highest BCUT2D eigenvalue weighted by atomic mass is 28.3. The average molecular weight is 176 g/mol. The molecule has 0 fully saturated rings. The van der Waals surface area contributed by atoms with Crippen molar-refractivity contribution in [1.29, 1.82) is 0 Å². The third kappa shape index (κ3) is 2.88. The first-order valence-electron chi connectivity index (χ1n) is 3.70. The lowest BCUT2D eigenvalue weighted by molar-refractivity contribution is -0.634. The molecule has 0 heterocycles. The quantitative estimate of drug-likeness (QED) is 0.374. The number of nitro groups is 1. The molecule has 0 atom stereocenters. The molecule has 0 saturated carbocycles. The molecule has 0 aliphatic rings. The minimum Gasteiger partial charge on any atom is -0.235 e. The molecule has 0 bridgehead atoms. The minimum atomic E-state index is -1.78. The summed E-state index contributed by atoms with van der Waals surface area (Å²) in [6, 6.07) is -0.00309. The van der Waals surface area contributed by atoms with Crippen molar-refractivity contribution in [2.75, 3.05) is 0 Å². The van der Waals surface area contributed by atoms with Crippen LogP contribution in [0.1, 0.15) is 13.8 Å². The molecule has 11 heavy (non-hydrogen) atoms. The molecule has 0 unspecified atom stereocenters. The van der Waals surface area contributed by atoms with E-state index in [1.807, 2.05) is 33.5 Å². The van der Waals surface area contributed by atoms with Gasteiger partial charge in [-0.2, -0.15) is 4.67 Å². The van der Waals surface area contributed by atoms with E-state index in [9.17, 15) is 10.1 Å². The number of hydrogen-bond acceptors (Lipinski definition) is 2. The number of rotatable bonds is 3. The molecule has 0 aliphatic carbocycles. The molecule has 0 aromatic heterocycles. The summed E-state index contributed by atoms with van der Waals surface area (Å²) in [5.74, 6) is 0. The molecule has 0 rings (SSSR count). The fourth-order valence-electron chi connectivity index (χ4n) is 1.21. The molecule has 4 nitrogen and oxygen atoms in total. The molecule has 0 amide bonds. The van der Waals surface area contributed by atoms with Gasteiger partial charge in [0.25, 0.3) is 0 Å². The summed E-state index contributed by atoms with van der Waals surface area (Å²) in [5, 5.41) is 10.3. The maximum atomic E-state index is 10.6. The van der Waals surface area contributed by atoms with E-state index < -0.39 is 8.24 Å². The van der Waals surface area contributed by atoms with E-state index in [2.05, 4.69) is 0 Å². The Hall–Kier alpha value is -0.583. The lowest BCUT2D eigenvalue weighted by atomic mass is 10.4. The van der Waals surface area contributed by atoms with Crippen molar-refractivity contribution >= 4 is 8.24 Å². The maximum Gasteiger partial charge on any atom is 0.227 e. The molecule has 0 aromatic rings. The van der Waals surface area contributed by atoms with Crippen molar-refractivity contribution in [2.24, 2.45) is 0 Å². The lowest BCUT2D eigenvalue weighted by Gasteiger charge is -2.28. The van der Waals surface area contributed by atoms with E-state index in [1.165, 1.54) is 4.67 Å². The van der Waals surface area contributed by atoms with Gasteiger partial charge in [-0.15, -0.1) is 0 Å². The Bertz CT molecular complexity index is 153. The van der Waals surface area contributed by atoms with Crippen LogP contribution in [0.15, 0.2) is 0 Å². The number of hydrogen-bond donors (Lipinski definition) is 0. The normalized spacial score (nSPS) is 11.8. The Morgan fingerprint density at radius 1 is 1.36 bits per heavy atom. The number of hydrazine groups is 1. The highest BCUT2D eigenvalue weighted by molar-refractivity contribution is 6.72. The van der Waals surface area contributed by atoms with Gasteiger partial charge in [-0.05, 0) is 33.5 Å². The molecule has 0 spiro atoms. The molecule has 0 aromatic carbocycles. The van der Waals surface area contributed by atoms with Crippen LogP contribution in [0, 0.1) is 10.1 Å². The third-order valence-electron chi connectivity index (χ3n) is 1.35. The van der Waals surface area contributed by atoms with Crippen LogP contribution in [0.5, 0.6) is 0 Å². The zero-order valence-electron chi connectivity index (χ0n) is 7.79. The molecule has 0 saturated heterocycles. The van der Waals surface area contributed by atoms with Crippen LogP contribution in [-0.2, 0) is 0 Å². The molecule has 5 heteroatoms. The summed E-state index contributed by atoms with van der Waals surface area (Å²) in [4.78, 5) is 10.6. The summed E-state index contributed by atoms with van der Waals surface area (Å²) in [6.45, 7) is 9.60. The monoisotopic (exact) mass is 176 g/mol. The second kappa shape index (κ2) is 3.21. The first kappa shape index (κ1) is 10.4. The van der Waals surface area contributed by atoms with Gasteiger partial charge >= 0.3 is 0 Å². The highest BCUT2D eigenvalue weighted by Gasteiger charge is 2.34. The van der Waals surface area contributed by atoms with Crippen molar-refractivity contribution < 1.29 is 5.03 Å². The summed E-state index contributed by atoms with van der Waals surface area (Å²) < 4.78 is 1.38. The third-order valence-corrected chi connectivity index (χ3v) is 3.41. The predicted molar refractivity (Wildman–Crippen MR) is 47.3 cm³/mol. The standard InChI is InChI=1S/C6H16N2O2Si/c1-6(2)7(8(9)10)11(3,4)5/h6H,1-5H3. The summed E-state index contributed by atoms with van der Waals surface area (Å²) in [7, 11) is -1.78. The van der Waals surface area contributed by atoms with Crippen LogP contribution in [0.3, 0.4) is 0 Å². The minimum absolute atomic E-state index is 0.00309. The van der Waals surface area contributed by atoms with Crippen molar-refractivity contribution in [3.8, 4) is 0 Å². The summed E-state index contributed by atoms with van der Waals surface area (Å²) in [5.41, 5.74) is 0. The van der Waals surface area contributed by atoms with Crippen LogP contribution in [-0.4, -0.2) is 24.0 Å². The van der Waals surface area contributed by atoms with Crippen LogP contribution in [0.25, 0.3) is 0 Å². The summed E-state index contributed by atoms with van der Waals surface area (Å²) in [6.07, 6.45) is 0. The van der Waals surface area contributed by atoms with E-state index in [-0.39, 0.29) is 11.1 Å². The van der Waals surface area contributed by atoms with Gasteiger partial charge in [0.05, 0.1) is 6.04 Å². The fraction of sp³-hybridized carbons (Fsp3) is 1.00. The lowest BCUT2D eigenvalue weighted by Crippen LogP contribution is -2.53. The average Bonchev–Trinajstić information content (AvgIpc) is 1.54. The van der Waals surface area contributed by atoms with Gasteiger partial charge in [0.15, 0.2) is 5.03 Å². The van der Waals surface area contributed by atoms with Gasteiger partial charge in [0.2, 0.25) is 8.24 Å². The number of nitrogens with zero attached hydrogens (tertiary/aromatic N) is 2. The fourth-order valence-corrected chi connectivity index (χ4v) is 3.25. The van der Waals surface area contributed by atoms with Crippen LogP contribution in [0.4, 0.5) is 0 Å². The van der Waals surface area contributed by atoms with Gasteiger partial charge in [-0.1, -0.05) is 0 Å². The van der Waals surface area contributed by atoms with Gasteiger partial charge < -0.3 is 0 Å². The van der Waals surface area contributed by atoms with E-state index in [0.29, 0.717) is 0 Å². The Labute approximate surface area is 68.4 Å². The SMILES string of the molecule is CC(C)N([N+](=O)[O-])[Si](C)(C)C. The zero-order chi connectivity index (χ0) is 9.23. The maximum absolute atomic E-state index is 10.6. The molecular weight excluding hydrogens is 160 g/mol. The zero-order valence-corrected chi connectivity index (χ0v) is 8.79. The van der Waals surface area contributed by atoms with Crippen molar-refractivity contribution in [3.05, 3.63) is 10.1 Å². The Balaban J connectivity index is 4.49. The van der Waals surface area contributed by atoms with Crippen LogP contribution in [0.2, 0.25) is 19.6 Å². The van der Waals surface area contributed by atoms with Gasteiger partial charge in [0.1, 0.15) is 0 Å². The molecular formula is C6H16N2O2Si. The molecule has 66 valence electrons. The summed E-state index contributed by atoms with van der Waals surface area (Å²) >= 11 is 0. The van der Waals surface area contributed by atoms with E-state index in [1.54, 1.807) is 0 Å². The van der Waals surface area contributed by atoms with Crippen molar-refractivity contribution in [2.45, 2.75) is 39.5 Å². The highest BCUT2D eigenvalue weighted by Crippen LogP contribution is 2.12. The second-order valence-electron chi connectivity index (χ2n) is 3.85. The van der Waals surface area contributed by atoms with Crippen molar-refractivity contribution in [3.63, 3.8) is 0 Å². The van der Waals surface area contributed by atoms with Crippen LogP contribution >= 0.6 is 0 Å². The second-order valence-corrected chi connectivity index (χ2v) is 8.65.